The van der Waals surface area contributed by atoms with E-state index in [9.17, 15) is 0 Å². The van der Waals surface area contributed by atoms with E-state index in [0.717, 1.165) is 48.6 Å². The van der Waals surface area contributed by atoms with Crippen LogP contribution in [0.3, 0.4) is 0 Å². The van der Waals surface area contributed by atoms with Crippen LogP contribution in [0, 0.1) is 5.92 Å². The summed E-state index contributed by atoms with van der Waals surface area (Å²) in [5.41, 5.74) is 1.10. The van der Waals surface area contributed by atoms with Crippen molar-refractivity contribution in [2.75, 3.05) is 24.5 Å². The first-order chi connectivity index (χ1) is 12.8. The maximum absolute atomic E-state index is 5.87. The van der Waals surface area contributed by atoms with Crippen LogP contribution in [-0.4, -0.2) is 24.5 Å². The molecule has 4 heteroatoms. The van der Waals surface area contributed by atoms with Crippen molar-refractivity contribution in [3.63, 3.8) is 0 Å². The Morgan fingerprint density at radius 3 is 2.35 bits per heavy atom. The summed E-state index contributed by atoms with van der Waals surface area (Å²) in [7, 11) is 0. The van der Waals surface area contributed by atoms with Crippen LogP contribution >= 0.6 is 0 Å². The fourth-order valence-corrected chi connectivity index (χ4v) is 3.50. The molecule has 2 aromatic carbocycles. The summed E-state index contributed by atoms with van der Waals surface area (Å²) in [6, 6.07) is 18.0. The van der Waals surface area contributed by atoms with Gasteiger partial charge in [0.1, 0.15) is 17.3 Å². The number of hydrogen-bond acceptors (Lipinski definition) is 4. The molecule has 0 spiro atoms. The number of nitrogens with one attached hydrogen (secondary N) is 1. The fourth-order valence-electron chi connectivity index (χ4n) is 3.50. The smallest absolute Gasteiger partial charge is 0.127 e. The van der Waals surface area contributed by atoms with Crippen LogP contribution in [0.15, 0.2) is 79.4 Å². The minimum absolute atomic E-state index is 0.735. The van der Waals surface area contributed by atoms with Crippen molar-refractivity contribution in [3.05, 3.63) is 79.4 Å². The van der Waals surface area contributed by atoms with E-state index in [1.807, 2.05) is 42.5 Å². The van der Waals surface area contributed by atoms with Gasteiger partial charge in [-0.15, -0.1) is 0 Å². The van der Waals surface area contributed by atoms with Crippen LogP contribution in [0.2, 0.25) is 0 Å². The number of hydrogen-bond donors (Lipinski definition) is 1. The molecule has 4 rings (SSSR count). The molecular weight excluding hydrogens is 322 g/mol. The lowest BCUT2D eigenvalue weighted by Crippen LogP contribution is -2.34. The molecule has 1 N–H and O–H groups in total. The second-order valence-electron chi connectivity index (χ2n) is 6.84. The van der Waals surface area contributed by atoms with Gasteiger partial charge in [-0.2, -0.15) is 0 Å². The molecule has 0 aliphatic carbocycles. The van der Waals surface area contributed by atoms with Crippen LogP contribution < -0.4 is 15.0 Å². The average Bonchev–Trinajstić information content (AvgIpc) is 3.05. The monoisotopic (exact) mass is 347 g/mol. The van der Waals surface area contributed by atoms with Gasteiger partial charge in [0.25, 0.3) is 0 Å². The zero-order valence-electron chi connectivity index (χ0n) is 15.0. The van der Waals surface area contributed by atoms with Gasteiger partial charge in [-0.05, 0) is 68.2 Å². The molecule has 26 heavy (non-hydrogen) atoms. The minimum Gasteiger partial charge on any atom is -0.457 e. The molecule has 4 nitrogen and oxygen atoms in total. The predicted molar refractivity (Wildman–Crippen MR) is 106 cm³/mol. The third kappa shape index (κ3) is 3.75. The highest BCUT2D eigenvalue weighted by Crippen LogP contribution is 2.30. The maximum atomic E-state index is 5.87. The summed E-state index contributed by atoms with van der Waals surface area (Å²) in [5.74, 6) is 3.43. The Labute approximate surface area is 155 Å². The van der Waals surface area contributed by atoms with Crippen molar-refractivity contribution in [3.8, 4) is 11.5 Å². The first kappa shape index (κ1) is 16.7. The molecule has 2 aliphatic rings. The summed E-state index contributed by atoms with van der Waals surface area (Å²) in [6.07, 6.45) is 6.71. The molecule has 1 saturated heterocycles. The van der Waals surface area contributed by atoms with Gasteiger partial charge in [-0.1, -0.05) is 24.8 Å². The number of para-hydroxylation sites is 1. The van der Waals surface area contributed by atoms with Gasteiger partial charge in [0.2, 0.25) is 0 Å². The second-order valence-corrected chi connectivity index (χ2v) is 6.84. The van der Waals surface area contributed by atoms with Gasteiger partial charge in [0, 0.05) is 24.6 Å². The number of benzene rings is 2. The lowest BCUT2D eigenvalue weighted by molar-refractivity contribution is 0.300. The molecule has 0 aromatic heterocycles. The molecule has 0 amide bonds. The third-order valence-corrected chi connectivity index (χ3v) is 5.01. The molecule has 2 heterocycles. The van der Waals surface area contributed by atoms with E-state index in [1.54, 1.807) is 0 Å². The Kier molecular flexibility index (Phi) is 4.93. The number of anilines is 1. The van der Waals surface area contributed by atoms with Crippen LogP contribution in [0.4, 0.5) is 5.69 Å². The SMILES string of the molecule is C=C1N(CC2CCNCC2)C=CN1c1ccc(Oc2ccccc2)cc1. The van der Waals surface area contributed by atoms with Crippen molar-refractivity contribution in [1.29, 1.82) is 0 Å². The van der Waals surface area contributed by atoms with Gasteiger partial charge in [0.05, 0.1) is 0 Å². The van der Waals surface area contributed by atoms with Crippen molar-refractivity contribution in [1.82, 2.24) is 10.2 Å². The van der Waals surface area contributed by atoms with Crippen LogP contribution in [0.5, 0.6) is 11.5 Å². The Morgan fingerprint density at radius 1 is 0.923 bits per heavy atom. The molecule has 134 valence electrons. The van der Waals surface area contributed by atoms with Crippen LogP contribution in [-0.2, 0) is 0 Å². The van der Waals surface area contributed by atoms with E-state index in [-0.39, 0.29) is 0 Å². The molecule has 0 unspecified atom stereocenters. The standard InChI is InChI=1S/C22H25N3O/c1-18-24(17-19-11-13-23-14-12-19)15-16-25(18)20-7-9-22(10-8-20)26-21-5-3-2-4-6-21/h2-10,15-16,19,23H,1,11-14,17H2. The second kappa shape index (κ2) is 7.67. The molecule has 1 fully saturated rings. The highest BCUT2D eigenvalue weighted by molar-refractivity contribution is 5.58. The zero-order valence-corrected chi connectivity index (χ0v) is 15.0. The van der Waals surface area contributed by atoms with Crippen molar-refractivity contribution < 1.29 is 4.74 Å². The molecule has 0 bridgehead atoms. The van der Waals surface area contributed by atoms with Gasteiger partial charge in [-0.25, -0.2) is 0 Å². The van der Waals surface area contributed by atoms with E-state index in [1.165, 1.54) is 12.8 Å². The maximum Gasteiger partial charge on any atom is 0.127 e. The fraction of sp³-hybridized carbons (Fsp3) is 0.273. The molecule has 0 saturated carbocycles. The van der Waals surface area contributed by atoms with Gasteiger partial charge >= 0.3 is 0 Å². The summed E-state index contributed by atoms with van der Waals surface area (Å²) in [5, 5.41) is 3.43. The predicted octanol–water partition coefficient (Wildman–Crippen LogP) is 4.54. The van der Waals surface area contributed by atoms with E-state index in [2.05, 4.69) is 46.2 Å². The first-order valence-electron chi connectivity index (χ1n) is 9.26. The number of piperidine rings is 1. The lowest BCUT2D eigenvalue weighted by atomic mass is 9.98. The van der Waals surface area contributed by atoms with Gasteiger partial charge < -0.3 is 19.9 Å². The van der Waals surface area contributed by atoms with Gasteiger partial charge in [-0.3, -0.25) is 0 Å². The lowest BCUT2D eigenvalue weighted by Gasteiger charge is -2.30. The quantitative estimate of drug-likeness (QED) is 0.859. The average molecular weight is 347 g/mol. The molecule has 2 aromatic rings. The van der Waals surface area contributed by atoms with E-state index >= 15 is 0 Å². The van der Waals surface area contributed by atoms with E-state index in [0.29, 0.717) is 0 Å². The van der Waals surface area contributed by atoms with Crippen molar-refractivity contribution >= 4 is 5.69 Å². The summed E-state index contributed by atoms with van der Waals surface area (Å²) in [6.45, 7) is 7.59. The minimum atomic E-state index is 0.735. The molecular formula is C22H25N3O. The Bertz CT molecular complexity index is 764. The number of ether oxygens (including phenoxy) is 1. The molecule has 2 aliphatic heterocycles. The summed E-state index contributed by atoms with van der Waals surface area (Å²) >= 11 is 0. The van der Waals surface area contributed by atoms with Crippen molar-refractivity contribution in [2.24, 2.45) is 5.92 Å². The van der Waals surface area contributed by atoms with Gasteiger partial charge in [0.15, 0.2) is 0 Å². The Balaban J connectivity index is 1.38. The third-order valence-electron chi connectivity index (χ3n) is 5.01. The normalized spacial score (nSPS) is 17.8. The number of rotatable bonds is 5. The van der Waals surface area contributed by atoms with Crippen LogP contribution in [0.1, 0.15) is 12.8 Å². The Hall–Kier alpha value is -2.72. The summed E-state index contributed by atoms with van der Waals surface area (Å²) in [4.78, 5) is 4.40. The largest absolute Gasteiger partial charge is 0.457 e. The van der Waals surface area contributed by atoms with E-state index in [4.69, 9.17) is 4.74 Å². The van der Waals surface area contributed by atoms with Crippen LogP contribution in [0.25, 0.3) is 0 Å². The zero-order chi connectivity index (χ0) is 17.8. The topological polar surface area (TPSA) is 27.7 Å². The highest BCUT2D eigenvalue weighted by Gasteiger charge is 2.23. The van der Waals surface area contributed by atoms with Crippen molar-refractivity contribution in [2.45, 2.75) is 12.8 Å². The molecule has 0 atom stereocenters. The molecule has 0 radical (unpaired) electrons. The number of nitrogens with zero attached hydrogens (tertiary/aromatic N) is 2. The Morgan fingerprint density at radius 2 is 1.62 bits per heavy atom. The summed E-state index contributed by atoms with van der Waals surface area (Å²) < 4.78 is 5.87. The first-order valence-corrected chi connectivity index (χ1v) is 9.26. The highest BCUT2D eigenvalue weighted by atomic mass is 16.5. The van der Waals surface area contributed by atoms with E-state index < -0.39 is 0 Å².